The molecule has 0 aromatic heterocycles. The summed E-state index contributed by atoms with van der Waals surface area (Å²) in [6.07, 6.45) is 0. The summed E-state index contributed by atoms with van der Waals surface area (Å²) in [7, 11) is 0. The third-order valence-corrected chi connectivity index (χ3v) is 3.67. The normalized spacial score (nSPS) is 13.6. The average molecular weight is 301 g/mol. The molecule has 22 heavy (non-hydrogen) atoms. The number of imide groups is 1. The van der Waals surface area contributed by atoms with Gasteiger partial charge in [0.05, 0.1) is 17.7 Å². The van der Waals surface area contributed by atoms with Crippen LogP contribution in [0.3, 0.4) is 0 Å². The molecule has 0 saturated heterocycles. The number of aromatic hydroxyl groups is 2. The second-order valence-electron chi connectivity index (χ2n) is 5.14. The molecular formula is C16H12FNO4. The SMILES string of the molecule is Cc1ccc(CN2C(=O)c3ccc(O)c(O)c3C2=O)cc1F. The van der Waals surface area contributed by atoms with Crippen LogP contribution in [-0.2, 0) is 6.54 Å². The lowest BCUT2D eigenvalue weighted by molar-refractivity contribution is 0.0641. The Bertz CT molecular complexity index is 816. The van der Waals surface area contributed by atoms with Crippen molar-refractivity contribution in [2.24, 2.45) is 0 Å². The first kappa shape index (κ1) is 14.1. The highest BCUT2D eigenvalue weighted by atomic mass is 19.1. The van der Waals surface area contributed by atoms with Crippen molar-refractivity contribution in [1.29, 1.82) is 0 Å². The van der Waals surface area contributed by atoms with Gasteiger partial charge >= 0.3 is 0 Å². The topological polar surface area (TPSA) is 77.8 Å². The number of nitrogens with zero attached hydrogens (tertiary/aromatic N) is 1. The van der Waals surface area contributed by atoms with Crippen molar-refractivity contribution in [3.63, 3.8) is 0 Å². The monoisotopic (exact) mass is 301 g/mol. The van der Waals surface area contributed by atoms with Crippen LogP contribution in [0.4, 0.5) is 4.39 Å². The summed E-state index contributed by atoms with van der Waals surface area (Å²) >= 11 is 0. The van der Waals surface area contributed by atoms with E-state index in [-0.39, 0.29) is 17.7 Å². The second-order valence-corrected chi connectivity index (χ2v) is 5.14. The van der Waals surface area contributed by atoms with Gasteiger partial charge in [-0.3, -0.25) is 14.5 Å². The summed E-state index contributed by atoms with van der Waals surface area (Å²) in [6.45, 7) is 1.51. The minimum absolute atomic E-state index is 0.0212. The first-order valence-electron chi connectivity index (χ1n) is 6.56. The summed E-state index contributed by atoms with van der Waals surface area (Å²) < 4.78 is 13.6. The van der Waals surface area contributed by atoms with E-state index in [9.17, 15) is 24.2 Å². The number of aryl methyl sites for hydroxylation is 1. The Hall–Kier alpha value is -2.89. The highest BCUT2D eigenvalue weighted by Crippen LogP contribution is 2.37. The molecule has 0 atom stereocenters. The van der Waals surface area contributed by atoms with Gasteiger partial charge in [0.25, 0.3) is 11.8 Å². The van der Waals surface area contributed by atoms with Crippen molar-refractivity contribution in [2.45, 2.75) is 13.5 Å². The number of fused-ring (bicyclic) bond motifs is 1. The summed E-state index contributed by atoms with van der Waals surface area (Å²) in [5, 5.41) is 19.2. The number of amides is 2. The zero-order valence-corrected chi connectivity index (χ0v) is 11.6. The van der Waals surface area contributed by atoms with Gasteiger partial charge in [-0.25, -0.2) is 4.39 Å². The van der Waals surface area contributed by atoms with E-state index in [1.807, 2.05) is 0 Å². The third-order valence-electron chi connectivity index (χ3n) is 3.67. The Balaban J connectivity index is 1.97. The molecule has 0 aliphatic carbocycles. The highest BCUT2D eigenvalue weighted by molar-refractivity contribution is 6.22. The number of halogens is 1. The van der Waals surface area contributed by atoms with Gasteiger partial charge in [-0.2, -0.15) is 0 Å². The number of carbonyl (C=O) groups excluding carboxylic acids is 2. The Morgan fingerprint density at radius 3 is 2.50 bits per heavy atom. The Labute approximate surface area is 125 Å². The third kappa shape index (κ3) is 2.00. The fourth-order valence-corrected chi connectivity index (χ4v) is 2.41. The Morgan fingerprint density at radius 2 is 1.82 bits per heavy atom. The number of carbonyl (C=O) groups is 2. The molecule has 2 aromatic rings. The quantitative estimate of drug-likeness (QED) is 0.659. The van der Waals surface area contributed by atoms with Gasteiger partial charge in [0, 0.05) is 0 Å². The molecule has 0 radical (unpaired) electrons. The molecule has 0 spiro atoms. The molecule has 3 rings (SSSR count). The predicted molar refractivity (Wildman–Crippen MR) is 75.1 cm³/mol. The highest BCUT2D eigenvalue weighted by Gasteiger charge is 2.38. The molecule has 2 amide bonds. The first-order chi connectivity index (χ1) is 10.4. The van der Waals surface area contributed by atoms with Gasteiger partial charge in [-0.05, 0) is 36.2 Å². The van der Waals surface area contributed by atoms with Crippen molar-refractivity contribution in [1.82, 2.24) is 4.90 Å². The maximum Gasteiger partial charge on any atom is 0.265 e. The van der Waals surface area contributed by atoms with E-state index >= 15 is 0 Å². The fourth-order valence-electron chi connectivity index (χ4n) is 2.41. The largest absolute Gasteiger partial charge is 0.504 e. The molecule has 1 heterocycles. The van der Waals surface area contributed by atoms with Crippen molar-refractivity contribution in [3.8, 4) is 11.5 Å². The van der Waals surface area contributed by atoms with Crippen LogP contribution in [0.5, 0.6) is 11.5 Å². The minimum Gasteiger partial charge on any atom is -0.504 e. The number of hydrogen-bond donors (Lipinski definition) is 2. The molecule has 112 valence electrons. The standard InChI is InChI=1S/C16H12FNO4/c1-8-2-3-9(6-11(8)17)7-18-15(21)10-4-5-12(19)14(20)13(10)16(18)22/h2-6,19-20H,7H2,1H3. The average Bonchev–Trinajstić information content (AvgIpc) is 2.72. The second kappa shape index (κ2) is 4.84. The molecule has 1 aliphatic rings. The zero-order valence-electron chi connectivity index (χ0n) is 11.6. The van der Waals surface area contributed by atoms with E-state index in [0.717, 1.165) is 11.0 Å². The van der Waals surface area contributed by atoms with Gasteiger partial charge in [-0.15, -0.1) is 0 Å². The van der Waals surface area contributed by atoms with E-state index in [0.29, 0.717) is 11.1 Å². The van der Waals surface area contributed by atoms with Gasteiger partial charge in [0.15, 0.2) is 11.5 Å². The van der Waals surface area contributed by atoms with Gasteiger partial charge in [0.1, 0.15) is 5.82 Å². The zero-order chi connectivity index (χ0) is 16.0. The predicted octanol–water partition coefficient (Wildman–Crippen LogP) is 2.34. The molecule has 0 fully saturated rings. The van der Waals surface area contributed by atoms with Crippen LogP contribution < -0.4 is 0 Å². The number of phenols is 2. The molecule has 1 aliphatic heterocycles. The summed E-state index contributed by atoms with van der Waals surface area (Å²) in [5.41, 5.74) is 0.723. The smallest absolute Gasteiger partial charge is 0.265 e. The maximum atomic E-state index is 13.6. The van der Waals surface area contributed by atoms with Crippen LogP contribution in [0, 0.1) is 12.7 Å². The van der Waals surface area contributed by atoms with Crippen LogP contribution in [0.1, 0.15) is 31.8 Å². The summed E-state index contributed by atoms with van der Waals surface area (Å²) in [4.78, 5) is 25.4. The Kier molecular flexibility index (Phi) is 3.09. The lowest BCUT2D eigenvalue weighted by atomic mass is 10.1. The van der Waals surface area contributed by atoms with E-state index in [1.165, 1.54) is 12.1 Å². The van der Waals surface area contributed by atoms with Crippen LogP contribution in [-0.4, -0.2) is 26.9 Å². The van der Waals surface area contributed by atoms with Gasteiger partial charge in [0.2, 0.25) is 0 Å². The molecule has 0 unspecified atom stereocenters. The summed E-state index contributed by atoms with van der Waals surface area (Å²) in [6, 6.07) is 6.87. The number of hydrogen-bond acceptors (Lipinski definition) is 4. The molecule has 6 heteroatoms. The molecule has 0 saturated carbocycles. The van der Waals surface area contributed by atoms with E-state index in [4.69, 9.17) is 0 Å². The summed E-state index contributed by atoms with van der Waals surface area (Å²) in [5.74, 6) is -2.81. The van der Waals surface area contributed by atoms with Crippen molar-refractivity contribution < 1.29 is 24.2 Å². The molecule has 5 nitrogen and oxygen atoms in total. The Morgan fingerprint density at radius 1 is 1.09 bits per heavy atom. The van der Waals surface area contributed by atoms with Crippen LogP contribution in [0.2, 0.25) is 0 Å². The molecule has 2 N–H and O–H groups in total. The van der Waals surface area contributed by atoms with Gasteiger partial charge in [-0.1, -0.05) is 12.1 Å². The van der Waals surface area contributed by atoms with Crippen molar-refractivity contribution in [3.05, 3.63) is 58.4 Å². The van der Waals surface area contributed by atoms with Gasteiger partial charge < -0.3 is 10.2 Å². The van der Waals surface area contributed by atoms with Crippen molar-refractivity contribution >= 4 is 11.8 Å². The first-order valence-corrected chi connectivity index (χ1v) is 6.56. The van der Waals surface area contributed by atoms with Crippen LogP contribution in [0.25, 0.3) is 0 Å². The molecule has 0 bridgehead atoms. The van der Waals surface area contributed by atoms with E-state index < -0.39 is 29.1 Å². The van der Waals surface area contributed by atoms with E-state index in [2.05, 4.69) is 0 Å². The lowest BCUT2D eigenvalue weighted by Crippen LogP contribution is -2.29. The number of rotatable bonds is 2. The van der Waals surface area contributed by atoms with E-state index in [1.54, 1.807) is 19.1 Å². The van der Waals surface area contributed by atoms with Crippen molar-refractivity contribution in [2.75, 3.05) is 0 Å². The number of phenolic OH excluding ortho intramolecular Hbond substituents is 2. The lowest BCUT2D eigenvalue weighted by Gasteiger charge is -2.14. The van der Waals surface area contributed by atoms with Crippen LogP contribution in [0.15, 0.2) is 30.3 Å². The fraction of sp³-hybridized carbons (Fsp3) is 0.125. The maximum absolute atomic E-state index is 13.6. The van der Waals surface area contributed by atoms with Crippen LogP contribution >= 0.6 is 0 Å². The molecular weight excluding hydrogens is 289 g/mol. The number of benzene rings is 2. The minimum atomic E-state index is -0.714. The molecule has 2 aromatic carbocycles.